The van der Waals surface area contributed by atoms with Crippen LogP contribution in [0.15, 0.2) is 11.6 Å². The van der Waals surface area contributed by atoms with Crippen molar-refractivity contribution >= 4 is 11.9 Å². The Labute approximate surface area is 151 Å². The summed E-state index contributed by atoms with van der Waals surface area (Å²) in [6.07, 6.45) is 0.193. The van der Waals surface area contributed by atoms with Gasteiger partial charge in [0.2, 0.25) is 0 Å². The first kappa shape index (κ1) is 16.7. The van der Waals surface area contributed by atoms with Gasteiger partial charge in [-0.2, -0.15) is 0 Å². The van der Waals surface area contributed by atoms with Gasteiger partial charge in [0.15, 0.2) is 5.60 Å². The molecule has 7 heteroatoms. The van der Waals surface area contributed by atoms with Gasteiger partial charge in [-0.05, 0) is 25.3 Å². The smallest absolute Gasteiger partial charge is 0.331 e. The van der Waals surface area contributed by atoms with Crippen LogP contribution in [0.4, 0.5) is 0 Å². The van der Waals surface area contributed by atoms with Crippen molar-refractivity contribution in [2.75, 3.05) is 6.61 Å². The molecule has 26 heavy (non-hydrogen) atoms. The number of carbonyl (C=O) groups excluding carboxylic acids is 2. The standard InChI is InChI=1S/C19H24O7/c1-8(7-20)14-19-10(4-11(22)24-14)17(2)5-9(21)6-18(3)13(17)12(15(19)26-19)25-16(18)23/h4,8-9,12-15,20-21H,5-7H2,1-3H3/t8-,9+,12+,13-,14-,15-,17-,18+,19-/m1/s1. The molecule has 5 aliphatic rings. The summed E-state index contributed by atoms with van der Waals surface area (Å²) in [5.74, 6) is -1.24. The SMILES string of the molecule is C[C@H](CO)[C@H]1OC(=O)C=C2[C@@]13O[C@@H]3[C@H]1OC(=O)[C@@]3(C)C[C@@H](O)C[C@@]2(C)[C@@H]13. The van der Waals surface area contributed by atoms with Crippen molar-refractivity contribution in [1.29, 1.82) is 0 Å². The van der Waals surface area contributed by atoms with E-state index in [0.29, 0.717) is 12.8 Å². The Morgan fingerprint density at radius 1 is 1.23 bits per heavy atom. The molecule has 3 heterocycles. The van der Waals surface area contributed by atoms with E-state index in [1.54, 1.807) is 0 Å². The molecule has 7 nitrogen and oxygen atoms in total. The van der Waals surface area contributed by atoms with Gasteiger partial charge in [-0.15, -0.1) is 0 Å². The molecule has 142 valence electrons. The van der Waals surface area contributed by atoms with Crippen LogP contribution in [0.25, 0.3) is 0 Å². The summed E-state index contributed by atoms with van der Waals surface area (Å²) in [6.45, 7) is 5.51. The Morgan fingerprint density at radius 2 is 1.92 bits per heavy atom. The Hall–Kier alpha value is -1.44. The summed E-state index contributed by atoms with van der Waals surface area (Å²) in [7, 11) is 0. The van der Waals surface area contributed by atoms with Crippen LogP contribution < -0.4 is 0 Å². The van der Waals surface area contributed by atoms with E-state index < -0.39 is 40.7 Å². The zero-order valence-electron chi connectivity index (χ0n) is 15.1. The quantitative estimate of drug-likeness (QED) is 0.537. The fourth-order valence-corrected chi connectivity index (χ4v) is 6.59. The lowest BCUT2D eigenvalue weighted by Crippen LogP contribution is -2.62. The molecule has 5 rings (SSSR count). The second kappa shape index (κ2) is 4.69. The topological polar surface area (TPSA) is 106 Å². The van der Waals surface area contributed by atoms with Crippen molar-refractivity contribution in [3.05, 3.63) is 11.6 Å². The average Bonchev–Trinajstić information content (AvgIpc) is 3.23. The van der Waals surface area contributed by atoms with E-state index in [0.717, 1.165) is 5.57 Å². The number of aliphatic hydroxyl groups is 2. The molecule has 0 unspecified atom stereocenters. The number of hydrogen-bond acceptors (Lipinski definition) is 7. The Morgan fingerprint density at radius 3 is 2.62 bits per heavy atom. The van der Waals surface area contributed by atoms with E-state index in [1.165, 1.54) is 6.08 Å². The first-order chi connectivity index (χ1) is 12.2. The van der Waals surface area contributed by atoms with Crippen molar-refractivity contribution in [3.8, 4) is 0 Å². The summed E-state index contributed by atoms with van der Waals surface area (Å²) in [5, 5.41) is 20.2. The number of carbonyl (C=O) groups is 2. The molecule has 2 saturated heterocycles. The van der Waals surface area contributed by atoms with Crippen LogP contribution in [0.5, 0.6) is 0 Å². The van der Waals surface area contributed by atoms with Gasteiger partial charge >= 0.3 is 11.9 Å². The number of esters is 2. The number of fused-ring (bicyclic) bond motifs is 2. The molecule has 0 aromatic carbocycles. The maximum Gasteiger partial charge on any atom is 0.331 e. The molecular formula is C19H24O7. The second-order valence-corrected chi connectivity index (χ2v) is 9.15. The summed E-state index contributed by atoms with van der Waals surface area (Å²) < 4.78 is 17.5. The zero-order chi connectivity index (χ0) is 18.6. The largest absolute Gasteiger partial charge is 0.459 e. The molecule has 2 saturated carbocycles. The third-order valence-corrected chi connectivity index (χ3v) is 7.48. The molecule has 4 fully saturated rings. The number of cyclic esters (lactones) is 1. The van der Waals surface area contributed by atoms with Crippen LogP contribution >= 0.6 is 0 Å². The van der Waals surface area contributed by atoms with Crippen molar-refractivity contribution in [2.24, 2.45) is 22.7 Å². The van der Waals surface area contributed by atoms with Crippen molar-refractivity contribution in [2.45, 2.75) is 63.6 Å². The molecule has 9 atom stereocenters. The lowest BCUT2D eigenvalue weighted by molar-refractivity contribution is -0.156. The molecule has 0 amide bonds. The molecule has 0 aromatic heterocycles. The van der Waals surface area contributed by atoms with Crippen LogP contribution in [0, 0.1) is 22.7 Å². The molecule has 0 bridgehead atoms. The van der Waals surface area contributed by atoms with E-state index in [-0.39, 0.29) is 30.5 Å². The number of aliphatic hydroxyl groups excluding tert-OH is 2. The first-order valence-corrected chi connectivity index (χ1v) is 9.29. The molecule has 3 aliphatic heterocycles. The summed E-state index contributed by atoms with van der Waals surface area (Å²) in [5.41, 5.74) is -1.48. The van der Waals surface area contributed by atoms with E-state index in [1.807, 2.05) is 20.8 Å². The van der Waals surface area contributed by atoms with Crippen LogP contribution in [0.2, 0.25) is 0 Å². The van der Waals surface area contributed by atoms with Crippen molar-refractivity contribution in [3.63, 3.8) is 0 Å². The molecule has 2 N–H and O–H groups in total. The third-order valence-electron chi connectivity index (χ3n) is 7.48. The molecule has 2 aliphatic carbocycles. The number of ether oxygens (including phenoxy) is 3. The van der Waals surface area contributed by atoms with Gasteiger partial charge in [-0.3, -0.25) is 4.79 Å². The van der Waals surface area contributed by atoms with Gasteiger partial charge in [0, 0.05) is 29.9 Å². The van der Waals surface area contributed by atoms with Crippen molar-refractivity contribution in [1.82, 2.24) is 0 Å². The van der Waals surface area contributed by atoms with Crippen LogP contribution in [-0.2, 0) is 23.8 Å². The van der Waals surface area contributed by atoms with Gasteiger partial charge in [0.05, 0.1) is 11.5 Å². The number of hydrogen-bond donors (Lipinski definition) is 2. The lowest BCUT2D eigenvalue weighted by Gasteiger charge is -2.55. The minimum Gasteiger partial charge on any atom is -0.459 e. The Kier molecular flexibility index (Phi) is 3.02. The Balaban J connectivity index is 1.70. The highest BCUT2D eigenvalue weighted by Gasteiger charge is 2.83. The van der Waals surface area contributed by atoms with Gasteiger partial charge in [0.25, 0.3) is 0 Å². The predicted octanol–water partition coefficient (Wildman–Crippen LogP) is 0.327. The fourth-order valence-electron chi connectivity index (χ4n) is 6.59. The lowest BCUT2D eigenvalue weighted by atomic mass is 9.46. The highest BCUT2D eigenvalue weighted by atomic mass is 16.7. The summed E-state index contributed by atoms with van der Waals surface area (Å²) >= 11 is 0. The second-order valence-electron chi connectivity index (χ2n) is 9.15. The van der Waals surface area contributed by atoms with Crippen molar-refractivity contribution < 1.29 is 34.0 Å². The predicted molar refractivity (Wildman–Crippen MR) is 86.6 cm³/mol. The van der Waals surface area contributed by atoms with Gasteiger partial charge in [-0.1, -0.05) is 13.8 Å². The maximum atomic E-state index is 12.7. The minimum absolute atomic E-state index is 0.145. The van der Waals surface area contributed by atoms with Gasteiger partial charge in [0.1, 0.15) is 18.3 Å². The number of epoxide rings is 1. The summed E-state index contributed by atoms with van der Waals surface area (Å²) in [6, 6.07) is 0. The maximum absolute atomic E-state index is 12.7. The average molecular weight is 364 g/mol. The monoisotopic (exact) mass is 364 g/mol. The summed E-state index contributed by atoms with van der Waals surface area (Å²) in [4.78, 5) is 25.1. The van der Waals surface area contributed by atoms with E-state index >= 15 is 0 Å². The van der Waals surface area contributed by atoms with E-state index in [4.69, 9.17) is 14.2 Å². The van der Waals surface area contributed by atoms with Crippen LogP contribution in [0.3, 0.4) is 0 Å². The van der Waals surface area contributed by atoms with Crippen LogP contribution in [-0.4, -0.2) is 58.8 Å². The Bertz CT molecular complexity index is 746. The molecule has 0 aromatic rings. The fraction of sp³-hybridized carbons (Fsp3) is 0.789. The molecular weight excluding hydrogens is 340 g/mol. The third kappa shape index (κ3) is 1.66. The highest BCUT2D eigenvalue weighted by Crippen LogP contribution is 2.72. The first-order valence-electron chi connectivity index (χ1n) is 9.29. The van der Waals surface area contributed by atoms with E-state index in [9.17, 15) is 19.8 Å². The zero-order valence-corrected chi connectivity index (χ0v) is 15.1. The number of rotatable bonds is 2. The highest BCUT2D eigenvalue weighted by molar-refractivity contribution is 5.87. The minimum atomic E-state index is -0.867. The van der Waals surface area contributed by atoms with Crippen LogP contribution in [0.1, 0.15) is 33.6 Å². The van der Waals surface area contributed by atoms with Gasteiger partial charge < -0.3 is 24.4 Å². The van der Waals surface area contributed by atoms with E-state index in [2.05, 4.69) is 0 Å². The molecule has 1 spiro atoms. The van der Waals surface area contributed by atoms with Gasteiger partial charge in [-0.25, -0.2) is 4.79 Å². The normalized spacial score (nSPS) is 55.0. The molecule has 0 radical (unpaired) electrons.